The van der Waals surface area contributed by atoms with E-state index in [2.05, 4.69) is 15.9 Å². The number of nitro groups is 1. The van der Waals surface area contributed by atoms with E-state index in [0.29, 0.717) is 4.47 Å². The summed E-state index contributed by atoms with van der Waals surface area (Å²) in [6.45, 7) is 0. The molecule has 6 heteroatoms. The number of benzene rings is 1. The first-order valence-electron chi connectivity index (χ1n) is 3.63. The van der Waals surface area contributed by atoms with Crippen LogP contribution in [0.2, 0.25) is 0 Å². The summed E-state index contributed by atoms with van der Waals surface area (Å²) in [6.07, 6.45) is -0.463. The van der Waals surface area contributed by atoms with Gasteiger partial charge >= 0.3 is 0 Å². The number of halogens is 1. The van der Waals surface area contributed by atoms with E-state index in [9.17, 15) is 20.0 Å². The topological polar surface area (TPSA) is 83.3 Å². The van der Waals surface area contributed by atoms with Gasteiger partial charge in [0.05, 0.1) is 4.92 Å². The van der Waals surface area contributed by atoms with E-state index in [1.807, 2.05) is 0 Å². The Labute approximate surface area is 87.6 Å². The molecule has 0 saturated carbocycles. The van der Waals surface area contributed by atoms with E-state index in [1.54, 1.807) is 0 Å². The molecule has 74 valence electrons. The molecule has 0 aliphatic heterocycles. The van der Waals surface area contributed by atoms with Gasteiger partial charge in [0, 0.05) is 28.5 Å². The van der Waals surface area contributed by atoms with Crippen LogP contribution in [0.1, 0.15) is 5.56 Å². The predicted molar refractivity (Wildman–Crippen MR) is 49.5 cm³/mol. The smallest absolute Gasteiger partial charge is 0.273 e. The normalized spacial score (nSPS) is 9.79. The number of carboxylic acids is 1. The van der Waals surface area contributed by atoms with Gasteiger partial charge in [0.25, 0.3) is 5.69 Å². The highest BCUT2D eigenvalue weighted by Gasteiger charge is 2.13. The molecule has 0 aliphatic carbocycles. The fraction of sp³-hybridized carbons (Fsp3) is 0.125. The highest BCUT2D eigenvalue weighted by atomic mass is 79.9. The lowest BCUT2D eigenvalue weighted by molar-refractivity contribution is -0.385. The number of aliphatic carboxylic acids is 1. The maximum atomic E-state index is 10.5. The first-order valence-corrected chi connectivity index (χ1v) is 4.42. The van der Waals surface area contributed by atoms with E-state index in [1.165, 1.54) is 18.2 Å². The summed E-state index contributed by atoms with van der Waals surface area (Å²) in [4.78, 5) is 20.2. The standard InChI is InChI=1S/C8H6BrNO4/c9-6-1-2-7(10(13)14)5(3-6)4-8(11)12/h1-3H,4H2,(H,11,12)/p-1. The van der Waals surface area contributed by atoms with E-state index >= 15 is 0 Å². The number of nitro benzene ring substituents is 1. The van der Waals surface area contributed by atoms with Crippen molar-refractivity contribution in [3.63, 3.8) is 0 Å². The zero-order valence-electron chi connectivity index (χ0n) is 6.90. The van der Waals surface area contributed by atoms with Gasteiger partial charge in [-0.15, -0.1) is 0 Å². The molecule has 0 heterocycles. The molecule has 0 unspecified atom stereocenters. The minimum absolute atomic E-state index is 0.129. The largest absolute Gasteiger partial charge is 0.550 e. The number of hydrogen-bond donors (Lipinski definition) is 0. The maximum absolute atomic E-state index is 10.5. The van der Waals surface area contributed by atoms with E-state index < -0.39 is 17.3 Å². The van der Waals surface area contributed by atoms with Crippen molar-refractivity contribution in [3.8, 4) is 0 Å². The Morgan fingerprint density at radius 3 is 2.64 bits per heavy atom. The summed E-state index contributed by atoms with van der Waals surface area (Å²) in [7, 11) is 0. The fourth-order valence-electron chi connectivity index (χ4n) is 1.03. The monoisotopic (exact) mass is 258 g/mol. The summed E-state index contributed by atoms with van der Waals surface area (Å²) in [5.74, 6) is -1.34. The molecule has 0 bridgehead atoms. The highest BCUT2D eigenvalue weighted by molar-refractivity contribution is 9.10. The van der Waals surface area contributed by atoms with Crippen molar-refractivity contribution >= 4 is 27.6 Å². The van der Waals surface area contributed by atoms with Crippen molar-refractivity contribution in [1.82, 2.24) is 0 Å². The molecule has 1 rings (SSSR count). The van der Waals surface area contributed by atoms with Crippen LogP contribution in [0, 0.1) is 10.1 Å². The Kier molecular flexibility index (Phi) is 3.19. The molecule has 0 saturated heterocycles. The maximum Gasteiger partial charge on any atom is 0.273 e. The van der Waals surface area contributed by atoms with Gasteiger partial charge in [-0.3, -0.25) is 10.1 Å². The molecular formula is C8H5BrNO4-. The van der Waals surface area contributed by atoms with Crippen LogP contribution in [0.25, 0.3) is 0 Å². The van der Waals surface area contributed by atoms with E-state index in [4.69, 9.17) is 0 Å². The number of carboxylic acid groups (broad SMARTS) is 1. The first-order chi connectivity index (χ1) is 6.50. The van der Waals surface area contributed by atoms with Gasteiger partial charge in [-0.05, 0) is 12.1 Å². The second-order valence-electron chi connectivity index (χ2n) is 2.58. The Balaban J connectivity index is 3.15. The molecule has 0 aromatic heterocycles. The van der Waals surface area contributed by atoms with Gasteiger partial charge in [0.2, 0.25) is 0 Å². The third kappa shape index (κ3) is 2.53. The summed E-state index contributed by atoms with van der Waals surface area (Å²) in [5.41, 5.74) is -0.0817. The Morgan fingerprint density at radius 2 is 2.14 bits per heavy atom. The Bertz CT molecular complexity index is 391. The Hall–Kier alpha value is -1.43. The zero-order valence-corrected chi connectivity index (χ0v) is 8.48. The van der Waals surface area contributed by atoms with Crippen LogP contribution in [-0.4, -0.2) is 10.9 Å². The molecule has 1 aromatic carbocycles. The molecule has 1 aromatic rings. The lowest BCUT2D eigenvalue weighted by Crippen LogP contribution is -2.24. The number of carbonyl (C=O) groups is 1. The van der Waals surface area contributed by atoms with Gasteiger partial charge in [-0.1, -0.05) is 15.9 Å². The van der Waals surface area contributed by atoms with Crippen molar-refractivity contribution in [2.75, 3.05) is 0 Å². The summed E-state index contributed by atoms with van der Waals surface area (Å²) in [5, 5.41) is 20.8. The minimum Gasteiger partial charge on any atom is -0.550 e. The molecule has 0 aliphatic rings. The number of hydrogen-bond acceptors (Lipinski definition) is 4. The molecule has 0 radical (unpaired) electrons. The van der Waals surface area contributed by atoms with E-state index in [0.717, 1.165) is 0 Å². The predicted octanol–water partition coefficient (Wildman–Crippen LogP) is 0.650. The van der Waals surface area contributed by atoms with Crippen LogP contribution in [0.15, 0.2) is 22.7 Å². The van der Waals surface area contributed by atoms with Gasteiger partial charge in [0.1, 0.15) is 0 Å². The second kappa shape index (κ2) is 4.19. The number of carbonyl (C=O) groups excluding carboxylic acids is 1. The van der Waals surface area contributed by atoms with Crippen LogP contribution < -0.4 is 5.11 Å². The van der Waals surface area contributed by atoms with Crippen LogP contribution in [0.3, 0.4) is 0 Å². The van der Waals surface area contributed by atoms with Gasteiger partial charge < -0.3 is 9.90 Å². The number of rotatable bonds is 3. The quantitative estimate of drug-likeness (QED) is 0.589. The van der Waals surface area contributed by atoms with Crippen molar-refractivity contribution in [2.24, 2.45) is 0 Å². The molecule has 0 fully saturated rings. The average Bonchev–Trinajstić information content (AvgIpc) is 2.01. The molecule has 0 N–H and O–H groups in total. The summed E-state index contributed by atoms with van der Waals surface area (Å²) < 4.78 is 0.597. The summed E-state index contributed by atoms with van der Waals surface area (Å²) in [6, 6.07) is 4.13. The van der Waals surface area contributed by atoms with Crippen LogP contribution >= 0.6 is 15.9 Å². The van der Waals surface area contributed by atoms with Crippen molar-refractivity contribution in [2.45, 2.75) is 6.42 Å². The van der Waals surface area contributed by atoms with Crippen LogP contribution in [0.4, 0.5) is 5.69 Å². The second-order valence-corrected chi connectivity index (χ2v) is 3.49. The minimum atomic E-state index is -1.34. The SMILES string of the molecule is O=C([O-])Cc1cc(Br)ccc1[N+](=O)[O-]. The molecule has 0 atom stereocenters. The average molecular weight is 259 g/mol. The lowest BCUT2D eigenvalue weighted by atomic mass is 10.1. The van der Waals surface area contributed by atoms with E-state index in [-0.39, 0.29) is 11.3 Å². The van der Waals surface area contributed by atoms with Crippen LogP contribution in [-0.2, 0) is 11.2 Å². The lowest BCUT2D eigenvalue weighted by Gasteiger charge is -2.03. The van der Waals surface area contributed by atoms with Gasteiger partial charge in [-0.25, -0.2) is 0 Å². The van der Waals surface area contributed by atoms with Crippen molar-refractivity contribution in [3.05, 3.63) is 38.3 Å². The molecular weight excluding hydrogens is 254 g/mol. The zero-order chi connectivity index (χ0) is 10.7. The first kappa shape index (κ1) is 10.6. The number of nitrogens with zero attached hydrogens (tertiary/aromatic N) is 1. The van der Waals surface area contributed by atoms with Crippen molar-refractivity contribution in [1.29, 1.82) is 0 Å². The fourth-order valence-corrected chi connectivity index (χ4v) is 1.44. The third-order valence-electron chi connectivity index (χ3n) is 1.57. The molecule has 14 heavy (non-hydrogen) atoms. The summed E-state index contributed by atoms with van der Waals surface area (Å²) >= 11 is 3.10. The van der Waals surface area contributed by atoms with Gasteiger partial charge in [-0.2, -0.15) is 0 Å². The molecule has 0 spiro atoms. The van der Waals surface area contributed by atoms with Crippen LogP contribution in [0.5, 0.6) is 0 Å². The molecule has 5 nitrogen and oxygen atoms in total. The van der Waals surface area contributed by atoms with Crippen molar-refractivity contribution < 1.29 is 14.8 Å². The van der Waals surface area contributed by atoms with Gasteiger partial charge in [0.15, 0.2) is 0 Å². The third-order valence-corrected chi connectivity index (χ3v) is 2.07. The highest BCUT2D eigenvalue weighted by Crippen LogP contribution is 2.23. The molecule has 0 amide bonds. The Morgan fingerprint density at radius 1 is 1.50 bits per heavy atom.